The number of rotatable bonds is 5. The van der Waals surface area contributed by atoms with Gasteiger partial charge in [-0.25, -0.2) is 4.39 Å². The van der Waals surface area contributed by atoms with Gasteiger partial charge in [-0.3, -0.25) is 14.5 Å². The number of ether oxygens (including phenoxy) is 2. The second kappa shape index (κ2) is 9.07. The molecule has 0 bridgehead atoms. The van der Waals surface area contributed by atoms with Crippen LogP contribution in [-0.4, -0.2) is 36.1 Å². The van der Waals surface area contributed by atoms with Gasteiger partial charge in [-0.15, -0.1) is 0 Å². The highest BCUT2D eigenvalue weighted by Gasteiger charge is 2.47. The number of ketones is 1. The minimum atomic E-state index is -1.14. The molecule has 7 nitrogen and oxygen atoms in total. The summed E-state index contributed by atoms with van der Waals surface area (Å²) in [7, 11) is 2.79. The number of aliphatic hydroxyl groups excluding tert-OH is 1. The minimum absolute atomic E-state index is 0.0166. The Morgan fingerprint density at radius 1 is 1.03 bits per heavy atom. The Morgan fingerprint density at radius 2 is 1.79 bits per heavy atom. The number of amides is 1. The lowest BCUT2D eigenvalue weighted by Crippen LogP contribution is -2.29. The van der Waals surface area contributed by atoms with Crippen molar-refractivity contribution >= 4 is 34.7 Å². The van der Waals surface area contributed by atoms with Crippen LogP contribution in [0.4, 0.5) is 10.1 Å². The lowest BCUT2D eigenvalue weighted by Gasteiger charge is -2.26. The van der Waals surface area contributed by atoms with Gasteiger partial charge < -0.3 is 19.7 Å². The van der Waals surface area contributed by atoms with Gasteiger partial charge in [0.2, 0.25) is 0 Å². The first kappa shape index (κ1) is 23.1. The Bertz CT molecular complexity index is 1340. The third-order valence-electron chi connectivity index (χ3n) is 5.48. The lowest BCUT2D eigenvalue weighted by molar-refractivity contribution is -0.132. The summed E-state index contributed by atoms with van der Waals surface area (Å²) in [6.07, 6.45) is 0. The number of hydrogen-bond acceptors (Lipinski definition) is 6. The SMILES string of the molecule is COc1cccc(N2C(=O)C(=O)/C(=C(/O)c3cc(F)ccc3OC)C2c2ccc(O)c(Cl)c2)c1. The molecule has 1 unspecified atom stereocenters. The number of anilines is 1. The molecule has 1 aliphatic heterocycles. The molecule has 1 fully saturated rings. The number of carbonyl (C=O) groups excluding carboxylic acids is 2. The molecule has 0 radical (unpaired) electrons. The predicted octanol–water partition coefficient (Wildman–Crippen LogP) is 4.83. The van der Waals surface area contributed by atoms with Crippen molar-refractivity contribution in [3.8, 4) is 17.2 Å². The van der Waals surface area contributed by atoms with E-state index in [0.717, 1.165) is 12.1 Å². The van der Waals surface area contributed by atoms with Crippen LogP contribution in [0, 0.1) is 5.82 Å². The van der Waals surface area contributed by atoms with Crippen LogP contribution in [0.2, 0.25) is 5.02 Å². The third-order valence-corrected chi connectivity index (χ3v) is 5.78. The number of phenols is 1. The molecule has 1 saturated heterocycles. The normalized spacial score (nSPS) is 17.2. The summed E-state index contributed by atoms with van der Waals surface area (Å²) in [5.41, 5.74) is 0.266. The Labute approximate surface area is 199 Å². The molecule has 1 heterocycles. The summed E-state index contributed by atoms with van der Waals surface area (Å²) in [5, 5.41) is 21.1. The van der Waals surface area contributed by atoms with E-state index in [4.69, 9.17) is 21.1 Å². The second-order valence-electron chi connectivity index (χ2n) is 7.43. The van der Waals surface area contributed by atoms with Crippen molar-refractivity contribution in [3.63, 3.8) is 0 Å². The number of nitrogens with zero attached hydrogens (tertiary/aromatic N) is 1. The second-order valence-corrected chi connectivity index (χ2v) is 7.83. The number of Topliss-reactive ketones (excluding diaryl/α,β-unsaturated/α-hetero) is 1. The van der Waals surface area contributed by atoms with Crippen molar-refractivity contribution in [2.45, 2.75) is 6.04 Å². The van der Waals surface area contributed by atoms with Gasteiger partial charge in [-0.1, -0.05) is 23.7 Å². The number of halogens is 2. The summed E-state index contributed by atoms with van der Waals surface area (Å²) in [5.74, 6) is -2.85. The number of carbonyl (C=O) groups is 2. The summed E-state index contributed by atoms with van der Waals surface area (Å²) < 4.78 is 24.5. The molecule has 174 valence electrons. The van der Waals surface area contributed by atoms with Crippen molar-refractivity contribution in [2.24, 2.45) is 0 Å². The van der Waals surface area contributed by atoms with Crippen molar-refractivity contribution in [2.75, 3.05) is 19.1 Å². The van der Waals surface area contributed by atoms with Crippen LogP contribution in [0.3, 0.4) is 0 Å². The zero-order chi connectivity index (χ0) is 24.6. The molecule has 0 saturated carbocycles. The standard InChI is InChI=1S/C25H19ClFNO6/c1-33-16-5-3-4-15(12-16)28-22(13-6-8-19(29)18(26)10-13)21(24(31)25(28)32)23(30)17-11-14(27)7-9-20(17)34-2/h3-12,22,29-30H,1-2H3/b23-21+. The molecule has 1 aliphatic rings. The van der Waals surface area contributed by atoms with E-state index in [1.54, 1.807) is 24.3 Å². The highest BCUT2D eigenvalue weighted by molar-refractivity contribution is 6.51. The van der Waals surface area contributed by atoms with Gasteiger partial charge >= 0.3 is 0 Å². The topological polar surface area (TPSA) is 96.3 Å². The lowest BCUT2D eigenvalue weighted by atomic mass is 9.94. The van der Waals surface area contributed by atoms with Gasteiger partial charge in [-0.05, 0) is 48.0 Å². The van der Waals surface area contributed by atoms with Gasteiger partial charge in [-0.2, -0.15) is 0 Å². The van der Waals surface area contributed by atoms with Gasteiger partial charge in [0, 0.05) is 11.8 Å². The quantitative estimate of drug-likeness (QED) is 0.306. The summed E-state index contributed by atoms with van der Waals surface area (Å²) in [6, 6.07) is 13.0. The molecule has 3 aromatic carbocycles. The number of aromatic hydroxyl groups is 1. The van der Waals surface area contributed by atoms with Crippen molar-refractivity contribution in [1.29, 1.82) is 0 Å². The average Bonchev–Trinajstić information content (AvgIpc) is 3.10. The first-order valence-corrected chi connectivity index (χ1v) is 10.4. The average molecular weight is 484 g/mol. The van der Waals surface area contributed by atoms with Crippen LogP contribution in [0.5, 0.6) is 17.2 Å². The molecule has 34 heavy (non-hydrogen) atoms. The molecule has 4 rings (SSSR count). The van der Waals surface area contributed by atoms with E-state index >= 15 is 0 Å². The van der Waals surface area contributed by atoms with Crippen LogP contribution >= 0.6 is 11.6 Å². The Kier molecular flexibility index (Phi) is 6.17. The number of methoxy groups -OCH3 is 2. The highest BCUT2D eigenvalue weighted by Crippen LogP contribution is 2.45. The van der Waals surface area contributed by atoms with Gasteiger partial charge in [0.15, 0.2) is 0 Å². The fraction of sp³-hybridized carbons (Fsp3) is 0.120. The smallest absolute Gasteiger partial charge is 0.300 e. The highest BCUT2D eigenvalue weighted by atomic mass is 35.5. The number of phenolic OH excluding ortho intramolecular Hbond substituents is 1. The largest absolute Gasteiger partial charge is 0.507 e. The van der Waals surface area contributed by atoms with E-state index in [-0.39, 0.29) is 27.7 Å². The molecule has 2 N–H and O–H groups in total. The maximum absolute atomic E-state index is 14.0. The minimum Gasteiger partial charge on any atom is -0.507 e. The first-order valence-electron chi connectivity index (χ1n) is 10.0. The third kappa shape index (κ3) is 3.92. The summed E-state index contributed by atoms with van der Waals surface area (Å²) in [4.78, 5) is 27.6. The maximum Gasteiger partial charge on any atom is 0.300 e. The first-order chi connectivity index (χ1) is 16.3. The van der Waals surface area contributed by atoms with E-state index in [1.807, 2.05) is 0 Å². The zero-order valence-corrected chi connectivity index (χ0v) is 18.8. The molecule has 3 aromatic rings. The number of hydrogen-bond donors (Lipinski definition) is 2. The Morgan fingerprint density at radius 3 is 2.47 bits per heavy atom. The molecule has 0 aromatic heterocycles. The molecule has 1 atom stereocenters. The van der Waals surface area contributed by atoms with E-state index in [0.29, 0.717) is 17.0 Å². The Balaban J connectivity index is 2.01. The van der Waals surface area contributed by atoms with Crippen LogP contribution < -0.4 is 14.4 Å². The van der Waals surface area contributed by atoms with Gasteiger partial charge in [0.05, 0.1) is 36.4 Å². The molecule has 0 aliphatic carbocycles. The maximum atomic E-state index is 14.0. The van der Waals surface area contributed by atoms with Gasteiger partial charge in [0.1, 0.15) is 28.8 Å². The fourth-order valence-corrected chi connectivity index (χ4v) is 4.07. The zero-order valence-electron chi connectivity index (χ0n) is 18.1. The van der Waals surface area contributed by atoms with Crippen LogP contribution in [0.25, 0.3) is 5.76 Å². The van der Waals surface area contributed by atoms with Crippen molar-refractivity contribution in [3.05, 3.63) is 88.2 Å². The summed E-state index contributed by atoms with van der Waals surface area (Å²) in [6.45, 7) is 0. The van der Waals surface area contributed by atoms with E-state index in [1.165, 1.54) is 43.4 Å². The molecular weight excluding hydrogens is 465 g/mol. The predicted molar refractivity (Wildman–Crippen MR) is 124 cm³/mol. The number of benzene rings is 3. The van der Waals surface area contributed by atoms with Crippen molar-refractivity contribution < 1.29 is 33.7 Å². The fourth-order valence-electron chi connectivity index (χ4n) is 3.88. The monoisotopic (exact) mass is 483 g/mol. The molecule has 9 heteroatoms. The van der Waals surface area contributed by atoms with E-state index < -0.39 is 29.3 Å². The van der Waals surface area contributed by atoms with Gasteiger partial charge in [0.25, 0.3) is 11.7 Å². The number of aliphatic hydroxyl groups is 1. The molecule has 1 amide bonds. The van der Waals surface area contributed by atoms with Crippen LogP contribution in [-0.2, 0) is 9.59 Å². The summed E-state index contributed by atoms with van der Waals surface area (Å²) >= 11 is 6.11. The molecular formula is C25H19ClFNO6. The van der Waals surface area contributed by atoms with Crippen molar-refractivity contribution in [1.82, 2.24) is 0 Å². The van der Waals surface area contributed by atoms with E-state index in [9.17, 15) is 24.2 Å². The van der Waals surface area contributed by atoms with Crippen LogP contribution in [0.1, 0.15) is 17.2 Å². The molecule has 0 spiro atoms. The van der Waals surface area contributed by atoms with Crippen LogP contribution in [0.15, 0.2) is 66.2 Å². The van der Waals surface area contributed by atoms with E-state index in [2.05, 4.69) is 0 Å². The Hall–Kier alpha value is -4.04.